The Kier molecular flexibility index (Phi) is 2.73. The number of nitrogens with zero attached hydrogens (tertiary/aromatic N) is 1. The van der Waals surface area contributed by atoms with E-state index < -0.39 is 0 Å². The second-order valence-corrected chi connectivity index (χ2v) is 3.99. The molecule has 1 aliphatic rings. The molecule has 2 N–H and O–H groups in total. The fraction of sp³-hybridized carbons (Fsp3) is 0.889. The fourth-order valence-corrected chi connectivity index (χ4v) is 1.67. The van der Waals surface area contributed by atoms with Crippen LogP contribution in [0.3, 0.4) is 0 Å². The largest absolute Gasteiger partial charge is 0.368 e. The van der Waals surface area contributed by atoms with Gasteiger partial charge in [0.1, 0.15) is 0 Å². The van der Waals surface area contributed by atoms with E-state index in [1.807, 2.05) is 6.92 Å². The lowest BCUT2D eigenvalue weighted by atomic mass is 10.0. The maximum absolute atomic E-state index is 10.9. The van der Waals surface area contributed by atoms with E-state index in [0.717, 1.165) is 13.1 Å². The topological polar surface area (TPSA) is 46.3 Å². The van der Waals surface area contributed by atoms with Crippen molar-refractivity contribution < 1.29 is 4.79 Å². The maximum Gasteiger partial charge on any atom is 0.234 e. The third kappa shape index (κ3) is 1.78. The number of nitrogens with two attached hydrogens (primary N) is 1. The van der Waals surface area contributed by atoms with Gasteiger partial charge in [-0.2, -0.15) is 0 Å². The van der Waals surface area contributed by atoms with Crippen molar-refractivity contribution in [1.82, 2.24) is 4.90 Å². The Morgan fingerprint density at radius 1 is 1.42 bits per heavy atom. The number of hydrogen-bond acceptors (Lipinski definition) is 2. The number of likely N-dealkylation sites (tertiary alicyclic amines) is 1. The molecule has 0 aliphatic carbocycles. The molecule has 1 saturated heterocycles. The standard InChI is InChI=1S/C9H18N2O/c1-6-4-11(5-7(6)2)8(3)9(10)12/h6-8H,4-5H2,1-3H3,(H2,10,12). The molecule has 12 heavy (non-hydrogen) atoms. The van der Waals surface area contributed by atoms with Crippen LogP contribution in [0, 0.1) is 11.8 Å². The number of carbonyl (C=O) groups excluding carboxylic acids is 1. The van der Waals surface area contributed by atoms with Gasteiger partial charge in [0.05, 0.1) is 6.04 Å². The fourth-order valence-electron chi connectivity index (χ4n) is 1.67. The zero-order chi connectivity index (χ0) is 9.30. The second-order valence-electron chi connectivity index (χ2n) is 3.99. The molecule has 1 amide bonds. The minimum absolute atomic E-state index is 0.0996. The van der Waals surface area contributed by atoms with Crippen LogP contribution in [0.5, 0.6) is 0 Å². The van der Waals surface area contributed by atoms with E-state index >= 15 is 0 Å². The minimum atomic E-state index is -0.212. The van der Waals surface area contributed by atoms with Gasteiger partial charge in [-0.05, 0) is 18.8 Å². The Morgan fingerprint density at radius 2 is 1.83 bits per heavy atom. The Labute approximate surface area is 73.9 Å². The molecule has 70 valence electrons. The molecule has 0 aromatic carbocycles. The van der Waals surface area contributed by atoms with E-state index in [2.05, 4.69) is 18.7 Å². The van der Waals surface area contributed by atoms with Gasteiger partial charge in [-0.3, -0.25) is 9.69 Å². The molecule has 3 heteroatoms. The zero-order valence-electron chi connectivity index (χ0n) is 8.08. The van der Waals surface area contributed by atoms with Gasteiger partial charge in [0.2, 0.25) is 5.91 Å². The second kappa shape index (κ2) is 3.44. The lowest BCUT2D eigenvalue weighted by molar-refractivity contribution is -0.122. The van der Waals surface area contributed by atoms with Gasteiger partial charge in [-0.25, -0.2) is 0 Å². The highest BCUT2D eigenvalue weighted by Gasteiger charge is 2.30. The predicted molar refractivity (Wildman–Crippen MR) is 48.6 cm³/mol. The van der Waals surface area contributed by atoms with E-state index in [0.29, 0.717) is 11.8 Å². The first-order valence-corrected chi connectivity index (χ1v) is 4.55. The van der Waals surface area contributed by atoms with Crippen molar-refractivity contribution >= 4 is 5.91 Å². The Balaban J connectivity index is 2.51. The van der Waals surface area contributed by atoms with Gasteiger partial charge in [0, 0.05) is 13.1 Å². The summed E-state index contributed by atoms with van der Waals surface area (Å²) in [5.41, 5.74) is 5.23. The van der Waals surface area contributed by atoms with Crippen molar-refractivity contribution in [2.45, 2.75) is 26.8 Å². The van der Waals surface area contributed by atoms with Crippen LogP contribution < -0.4 is 5.73 Å². The highest BCUT2D eigenvalue weighted by Crippen LogP contribution is 2.23. The summed E-state index contributed by atoms with van der Waals surface area (Å²) in [6, 6.07) is -0.0996. The third-order valence-corrected chi connectivity index (χ3v) is 2.98. The summed E-state index contributed by atoms with van der Waals surface area (Å²) in [5, 5.41) is 0. The van der Waals surface area contributed by atoms with Gasteiger partial charge in [0.25, 0.3) is 0 Å². The van der Waals surface area contributed by atoms with Crippen LogP contribution in [-0.2, 0) is 4.79 Å². The Morgan fingerprint density at radius 3 is 2.17 bits per heavy atom. The molecule has 1 fully saturated rings. The molecule has 0 aromatic heterocycles. The SMILES string of the molecule is CC1CN(C(C)C(N)=O)CC1C. The average Bonchev–Trinajstić information content (AvgIpc) is 2.30. The van der Waals surface area contributed by atoms with Gasteiger partial charge < -0.3 is 5.73 Å². The highest BCUT2D eigenvalue weighted by atomic mass is 16.1. The number of amides is 1. The molecule has 1 heterocycles. The quantitative estimate of drug-likeness (QED) is 0.654. The Hall–Kier alpha value is -0.570. The summed E-state index contributed by atoms with van der Waals surface area (Å²) in [5.74, 6) is 1.16. The van der Waals surface area contributed by atoms with E-state index in [9.17, 15) is 4.79 Å². The van der Waals surface area contributed by atoms with Gasteiger partial charge in [-0.15, -0.1) is 0 Å². The van der Waals surface area contributed by atoms with Crippen LogP contribution in [0.25, 0.3) is 0 Å². The number of primary amides is 1. The first-order valence-electron chi connectivity index (χ1n) is 4.55. The third-order valence-electron chi connectivity index (χ3n) is 2.98. The Bertz CT molecular complexity index is 171. The smallest absolute Gasteiger partial charge is 0.234 e. The molecule has 0 bridgehead atoms. The zero-order valence-corrected chi connectivity index (χ0v) is 8.08. The molecule has 1 rings (SSSR count). The van der Waals surface area contributed by atoms with E-state index in [1.54, 1.807) is 0 Å². The molecule has 3 atom stereocenters. The first-order chi connectivity index (χ1) is 5.52. The lowest BCUT2D eigenvalue weighted by Crippen LogP contribution is -2.41. The normalized spacial score (nSPS) is 33.6. The average molecular weight is 170 g/mol. The number of hydrogen-bond donors (Lipinski definition) is 1. The van der Waals surface area contributed by atoms with E-state index in [1.165, 1.54) is 0 Å². The summed E-state index contributed by atoms with van der Waals surface area (Å²) in [7, 11) is 0. The van der Waals surface area contributed by atoms with Crippen LogP contribution in [0.2, 0.25) is 0 Å². The summed E-state index contributed by atoms with van der Waals surface area (Å²) in [4.78, 5) is 13.0. The van der Waals surface area contributed by atoms with Crippen LogP contribution in [0.4, 0.5) is 0 Å². The molecule has 3 unspecified atom stereocenters. The monoisotopic (exact) mass is 170 g/mol. The van der Waals surface area contributed by atoms with Crippen molar-refractivity contribution in [3.8, 4) is 0 Å². The molecule has 0 radical (unpaired) electrons. The van der Waals surface area contributed by atoms with Crippen molar-refractivity contribution in [2.75, 3.05) is 13.1 Å². The lowest BCUT2D eigenvalue weighted by Gasteiger charge is -2.20. The van der Waals surface area contributed by atoms with E-state index in [4.69, 9.17) is 5.73 Å². The maximum atomic E-state index is 10.9. The van der Waals surface area contributed by atoms with Crippen LogP contribution in [0.15, 0.2) is 0 Å². The van der Waals surface area contributed by atoms with Gasteiger partial charge >= 0.3 is 0 Å². The van der Waals surface area contributed by atoms with Crippen LogP contribution >= 0.6 is 0 Å². The van der Waals surface area contributed by atoms with E-state index in [-0.39, 0.29) is 11.9 Å². The molecular formula is C9H18N2O. The summed E-state index contributed by atoms with van der Waals surface area (Å²) in [6.45, 7) is 8.33. The van der Waals surface area contributed by atoms with Gasteiger partial charge in [0.15, 0.2) is 0 Å². The van der Waals surface area contributed by atoms with Crippen LogP contribution in [0.1, 0.15) is 20.8 Å². The van der Waals surface area contributed by atoms with Crippen molar-refractivity contribution in [1.29, 1.82) is 0 Å². The van der Waals surface area contributed by atoms with Crippen LogP contribution in [-0.4, -0.2) is 29.9 Å². The number of carbonyl (C=O) groups is 1. The predicted octanol–water partition coefficient (Wildman–Crippen LogP) is 0.448. The molecule has 0 saturated carbocycles. The highest BCUT2D eigenvalue weighted by molar-refractivity contribution is 5.79. The molecule has 0 aromatic rings. The first kappa shape index (κ1) is 9.52. The molecule has 3 nitrogen and oxygen atoms in total. The minimum Gasteiger partial charge on any atom is -0.368 e. The number of rotatable bonds is 2. The molecular weight excluding hydrogens is 152 g/mol. The summed E-state index contributed by atoms with van der Waals surface area (Å²) < 4.78 is 0. The molecule has 1 aliphatic heterocycles. The van der Waals surface area contributed by atoms with Gasteiger partial charge in [-0.1, -0.05) is 13.8 Å². The van der Waals surface area contributed by atoms with Crippen molar-refractivity contribution in [2.24, 2.45) is 17.6 Å². The van der Waals surface area contributed by atoms with Crippen molar-refractivity contribution in [3.63, 3.8) is 0 Å². The summed E-state index contributed by atoms with van der Waals surface area (Å²) >= 11 is 0. The van der Waals surface area contributed by atoms with Crippen molar-refractivity contribution in [3.05, 3.63) is 0 Å². The molecule has 0 spiro atoms. The summed E-state index contributed by atoms with van der Waals surface area (Å²) in [6.07, 6.45) is 0.